The summed E-state index contributed by atoms with van der Waals surface area (Å²) in [5.41, 5.74) is 1.05. The number of nitrogens with zero attached hydrogens (tertiary/aromatic N) is 2. The van der Waals surface area contributed by atoms with Gasteiger partial charge in [0.1, 0.15) is 12.4 Å². The van der Waals surface area contributed by atoms with Crippen LogP contribution in [0.15, 0.2) is 67.4 Å². The van der Waals surface area contributed by atoms with E-state index in [-0.39, 0.29) is 41.4 Å². The van der Waals surface area contributed by atoms with Gasteiger partial charge < -0.3 is 19.9 Å². The maximum Gasteiger partial charge on any atom is 0.337 e. The molecule has 2 heterocycles. The zero-order valence-corrected chi connectivity index (χ0v) is 16.8. The van der Waals surface area contributed by atoms with E-state index in [0.717, 1.165) is 11.8 Å². The number of aromatic nitrogens is 2. The van der Waals surface area contributed by atoms with Gasteiger partial charge in [-0.3, -0.25) is 4.79 Å². The van der Waals surface area contributed by atoms with Crippen LogP contribution in [0.5, 0.6) is 11.8 Å². The Morgan fingerprint density at radius 2 is 1.93 bits per heavy atom. The topological polar surface area (TPSA) is 111 Å². The van der Waals surface area contributed by atoms with Gasteiger partial charge in [-0.05, 0) is 31.6 Å². The summed E-state index contributed by atoms with van der Waals surface area (Å²) < 4.78 is 11.3. The number of aromatic carboxylic acids is 1. The van der Waals surface area contributed by atoms with Crippen LogP contribution in [0.1, 0.15) is 34.6 Å². The predicted octanol–water partition coefficient (Wildman–Crippen LogP) is 3.89. The van der Waals surface area contributed by atoms with Gasteiger partial charge in [0, 0.05) is 18.3 Å². The molecule has 30 heavy (non-hydrogen) atoms. The monoisotopic (exact) mass is 409 g/mol. The molecule has 8 heteroatoms. The molecule has 0 aromatic carbocycles. The number of amides is 1. The number of anilines is 1. The molecule has 0 radical (unpaired) electrons. The lowest BCUT2D eigenvalue weighted by Crippen LogP contribution is -2.15. The number of carboxylic acid groups (broad SMARTS) is 1. The molecule has 2 aromatic rings. The molecule has 8 nitrogen and oxygen atoms in total. The first-order valence-electron chi connectivity index (χ1n) is 9.08. The second kappa shape index (κ2) is 10.6. The Morgan fingerprint density at radius 3 is 2.50 bits per heavy atom. The fourth-order valence-corrected chi connectivity index (χ4v) is 2.25. The first-order chi connectivity index (χ1) is 14.3. The van der Waals surface area contributed by atoms with Gasteiger partial charge in [0.15, 0.2) is 0 Å². The summed E-state index contributed by atoms with van der Waals surface area (Å²) in [6, 6.07) is 5.72. The number of pyridine rings is 2. The number of carbonyl (C=O) groups is 2. The molecule has 2 rings (SSSR count). The van der Waals surface area contributed by atoms with Gasteiger partial charge in [0.2, 0.25) is 11.8 Å². The highest BCUT2D eigenvalue weighted by molar-refractivity contribution is 6.04. The molecule has 0 fully saturated rings. The van der Waals surface area contributed by atoms with Crippen molar-refractivity contribution in [2.45, 2.75) is 20.0 Å². The SMILES string of the molecule is C=C/C=C(\C=C)COc1cc(C(=O)Nc2ccc(C(=O)O)cn2)cc(OC(C)C)n1. The summed E-state index contributed by atoms with van der Waals surface area (Å²) in [4.78, 5) is 31.8. The van der Waals surface area contributed by atoms with Crippen LogP contribution in [0.2, 0.25) is 0 Å². The number of hydrogen-bond acceptors (Lipinski definition) is 6. The van der Waals surface area contributed by atoms with Crippen molar-refractivity contribution in [1.29, 1.82) is 0 Å². The minimum Gasteiger partial charge on any atom is -0.478 e. The molecule has 0 spiro atoms. The second-order valence-electron chi connectivity index (χ2n) is 6.36. The Bertz CT molecular complexity index is 965. The lowest BCUT2D eigenvalue weighted by atomic mass is 10.2. The Hall–Kier alpha value is -3.94. The van der Waals surface area contributed by atoms with E-state index in [1.807, 2.05) is 13.8 Å². The molecule has 0 aliphatic carbocycles. The summed E-state index contributed by atoms with van der Waals surface area (Å²) in [5, 5.41) is 11.5. The second-order valence-corrected chi connectivity index (χ2v) is 6.36. The van der Waals surface area contributed by atoms with Crippen molar-refractivity contribution >= 4 is 17.7 Å². The van der Waals surface area contributed by atoms with Crippen LogP contribution in [0, 0.1) is 0 Å². The Balaban J connectivity index is 2.24. The summed E-state index contributed by atoms with van der Waals surface area (Å²) in [6.07, 6.45) is 6.01. The highest BCUT2D eigenvalue weighted by atomic mass is 16.5. The fourth-order valence-electron chi connectivity index (χ4n) is 2.25. The van der Waals surface area contributed by atoms with Gasteiger partial charge in [-0.1, -0.05) is 31.4 Å². The molecule has 1 amide bonds. The van der Waals surface area contributed by atoms with Crippen LogP contribution in [0.25, 0.3) is 0 Å². The normalized spacial score (nSPS) is 11.0. The minimum absolute atomic E-state index is 0.0193. The Morgan fingerprint density at radius 1 is 1.20 bits per heavy atom. The molecule has 0 bridgehead atoms. The van der Waals surface area contributed by atoms with Crippen LogP contribution in [-0.4, -0.2) is 39.7 Å². The number of hydrogen-bond donors (Lipinski definition) is 2. The highest BCUT2D eigenvalue weighted by Crippen LogP contribution is 2.21. The van der Waals surface area contributed by atoms with Gasteiger partial charge in [0.05, 0.1) is 17.2 Å². The van der Waals surface area contributed by atoms with Crippen molar-refractivity contribution in [3.8, 4) is 11.8 Å². The number of carbonyl (C=O) groups excluding carboxylic acids is 1. The molecule has 156 valence electrons. The number of nitrogens with one attached hydrogen (secondary N) is 1. The Labute approximate surface area is 174 Å². The maximum atomic E-state index is 12.7. The molecule has 2 N–H and O–H groups in total. The van der Waals surface area contributed by atoms with E-state index < -0.39 is 11.9 Å². The summed E-state index contributed by atoms with van der Waals surface area (Å²) >= 11 is 0. The van der Waals surface area contributed by atoms with E-state index in [1.54, 1.807) is 18.2 Å². The highest BCUT2D eigenvalue weighted by Gasteiger charge is 2.14. The van der Waals surface area contributed by atoms with Crippen molar-refractivity contribution in [1.82, 2.24) is 9.97 Å². The van der Waals surface area contributed by atoms with E-state index in [1.165, 1.54) is 24.3 Å². The van der Waals surface area contributed by atoms with Crippen molar-refractivity contribution in [2.75, 3.05) is 11.9 Å². The maximum absolute atomic E-state index is 12.7. The first-order valence-corrected chi connectivity index (χ1v) is 9.08. The summed E-state index contributed by atoms with van der Waals surface area (Å²) in [6.45, 7) is 11.2. The van der Waals surface area contributed by atoms with Crippen LogP contribution in [0.3, 0.4) is 0 Å². The van der Waals surface area contributed by atoms with E-state index in [2.05, 4.69) is 28.4 Å². The minimum atomic E-state index is -1.10. The number of allylic oxidation sites excluding steroid dienone is 2. The largest absolute Gasteiger partial charge is 0.478 e. The predicted molar refractivity (Wildman–Crippen MR) is 113 cm³/mol. The molecule has 0 aliphatic rings. The van der Waals surface area contributed by atoms with Gasteiger partial charge in [-0.25, -0.2) is 9.78 Å². The average Bonchev–Trinajstić information content (AvgIpc) is 2.70. The average molecular weight is 409 g/mol. The summed E-state index contributed by atoms with van der Waals surface area (Å²) in [5.74, 6) is -0.939. The molecule has 0 atom stereocenters. The van der Waals surface area contributed by atoms with Gasteiger partial charge in [-0.15, -0.1) is 0 Å². The van der Waals surface area contributed by atoms with Gasteiger partial charge in [-0.2, -0.15) is 4.98 Å². The third-order valence-electron chi connectivity index (χ3n) is 3.63. The van der Waals surface area contributed by atoms with E-state index in [9.17, 15) is 9.59 Å². The lowest BCUT2D eigenvalue weighted by Gasteiger charge is -2.13. The molecule has 0 unspecified atom stereocenters. The molecule has 0 aliphatic heterocycles. The number of ether oxygens (including phenoxy) is 2. The van der Waals surface area contributed by atoms with Crippen molar-refractivity contribution < 1.29 is 24.2 Å². The van der Waals surface area contributed by atoms with Crippen molar-refractivity contribution in [2.24, 2.45) is 0 Å². The quantitative estimate of drug-likeness (QED) is 0.573. The smallest absolute Gasteiger partial charge is 0.337 e. The molecule has 2 aromatic heterocycles. The zero-order chi connectivity index (χ0) is 22.1. The molecule has 0 saturated carbocycles. The van der Waals surface area contributed by atoms with E-state index >= 15 is 0 Å². The fraction of sp³-hybridized carbons (Fsp3) is 0.182. The van der Waals surface area contributed by atoms with Crippen molar-refractivity contribution in [3.05, 3.63) is 78.5 Å². The van der Waals surface area contributed by atoms with E-state index in [0.29, 0.717) is 0 Å². The standard InChI is InChI=1S/C22H23N3O5/c1-5-7-15(6-2)13-29-19-10-17(11-20(25-19)30-14(3)4)21(26)24-18-9-8-16(12-23-18)22(27)28/h5-12,14H,1-2,13H2,3-4H3,(H,27,28)(H,23,24,26)/b15-7+. The third-order valence-corrected chi connectivity index (χ3v) is 3.63. The van der Waals surface area contributed by atoms with Crippen LogP contribution >= 0.6 is 0 Å². The molecular weight excluding hydrogens is 386 g/mol. The van der Waals surface area contributed by atoms with Crippen LogP contribution in [0.4, 0.5) is 5.82 Å². The van der Waals surface area contributed by atoms with Gasteiger partial charge in [0.25, 0.3) is 5.91 Å². The Kier molecular flexibility index (Phi) is 7.87. The van der Waals surface area contributed by atoms with Crippen LogP contribution in [-0.2, 0) is 0 Å². The van der Waals surface area contributed by atoms with Crippen molar-refractivity contribution in [3.63, 3.8) is 0 Å². The van der Waals surface area contributed by atoms with Gasteiger partial charge >= 0.3 is 5.97 Å². The first kappa shape index (κ1) is 22.4. The summed E-state index contributed by atoms with van der Waals surface area (Å²) in [7, 11) is 0. The molecular formula is C22H23N3O5. The third kappa shape index (κ3) is 6.59. The zero-order valence-electron chi connectivity index (χ0n) is 16.8. The van der Waals surface area contributed by atoms with Crippen LogP contribution < -0.4 is 14.8 Å². The molecule has 0 saturated heterocycles. The van der Waals surface area contributed by atoms with E-state index in [4.69, 9.17) is 14.6 Å². The number of carboxylic acids is 1. The lowest BCUT2D eigenvalue weighted by molar-refractivity contribution is 0.0696. The number of rotatable bonds is 10.